The molecule has 0 aromatic heterocycles. The molecule has 28 heavy (non-hydrogen) atoms. The summed E-state index contributed by atoms with van der Waals surface area (Å²) < 4.78 is 17.1. The molecule has 2 aliphatic heterocycles. The molecule has 2 saturated heterocycles. The van der Waals surface area contributed by atoms with Crippen LogP contribution in [0.15, 0.2) is 54.6 Å². The van der Waals surface area contributed by atoms with Gasteiger partial charge < -0.3 is 19.1 Å². The Morgan fingerprint density at radius 2 is 1.96 bits per heavy atom. The Kier molecular flexibility index (Phi) is 5.64. The highest BCUT2D eigenvalue weighted by atomic mass is 16.5. The lowest BCUT2D eigenvalue weighted by Crippen LogP contribution is -2.37. The number of likely N-dealkylation sites (tertiary alicyclic amines) is 1. The van der Waals surface area contributed by atoms with Crippen LogP contribution < -0.4 is 4.74 Å². The lowest BCUT2D eigenvalue weighted by atomic mass is 9.82. The predicted octanol–water partition coefficient (Wildman–Crippen LogP) is 3.04. The van der Waals surface area contributed by atoms with E-state index in [4.69, 9.17) is 14.2 Å². The highest BCUT2D eigenvalue weighted by molar-refractivity contribution is 5.97. The van der Waals surface area contributed by atoms with Gasteiger partial charge in [-0.1, -0.05) is 42.5 Å². The lowest BCUT2D eigenvalue weighted by Gasteiger charge is -2.26. The number of amides is 1. The second-order valence-corrected chi connectivity index (χ2v) is 7.77. The molecular weight excluding hydrogens is 354 g/mol. The lowest BCUT2D eigenvalue weighted by molar-refractivity contribution is 0.0487. The first kappa shape index (κ1) is 19.0. The number of para-hydroxylation sites is 1. The fraction of sp³-hybridized carbons (Fsp3) is 0.435. The molecule has 2 atom stereocenters. The second-order valence-electron chi connectivity index (χ2n) is 7.77. The largest absolute Gasteiger partial charge is 0.492 e. The van der Waals surface area contributed by atoms with Crippen molar-refractivity contribution in [2.45, 2.75) is 6.42 Å². The molecular formula is C23H27NO4. The van der Waals surface area contributed by atoms with E-state index in [0.717, 1.165) is 6.42 Å². The van der Waals surface area contributed by atoms with Crippen LogP contribution in [0.2, 0.25) is 0 Å². The van der Waals surface area contributed by atoms with Crippen LogP contribution >= 0.6 is 0 Å². The van der Waals surface area contributed by atoms with E-state index in [2.05, 4.69) is 12.1 Å². The number of carbonyl (C=O) groups is 1. The average Bonchev–Trinajstić information content (AvgIpc) is 3.26. The SMILES string of the molecule is COC[C@@]12COC[C@@H]1CN(C(=O)c1ccccc1OCCc1ccccc1)C2. The molecule has 5 heteroatoms. The molecule has 0 N–H and O–H groups in total. The Hall–Kier alpha value is -2.37. The molecule has 0 saturated carbocycles. The molecule has 2 aliphatic rings. The van der Waals surface area contributed by atoms with Crippen molar-refractivity contribution in [1.82, 2.24) is 4.90 Å². The third-order valence-electron chi connectivity index (χ3n) is 5.85. The quantitative estimate of drug-likeness (QED) is 0.740. The summed E-state index contributed by atoms with van der Waals surface area (Å²) in [7, 11) is 1.71. The van der Waals surface area contributed by atoms with Gasteiger partial charge in [0.15, 0.2) is 0 Å². The number of methoxy groups -OCH3 is 1. The highest BCUT2D eigenvalue weighted by Crippen LogP contribution is 2.42. The first-order chi connectivity index (χ1) is 13.7. The van der Waals surface area contributed by atoms with Gasteiger partial charge in [-0.3, -0.25) is 4.79 Å². The number of hydrogen-bond donors (Lipinski definition) is 0. The van der Waals surface area contributed by atoms with Crippen LogP contribution in [0.3, 0.4) is 0 Å². The van der Waals surface area contributed by atoms with Crippen LogP contribution in [0, 0.1) is 11.3 Å². The van der Waals surface area contributed by atoms with Gasteiger partial charge >= 0.3 is 0 Å². The molecule has 4 rings (SSSR count). The van der Waals surface area contributed by atoms with E-state index < -0.39 is 0 Å². The highest BCUT2D eigenvalue weighted by Gasteiger charge is 2.52. The van der Waals surface area contributed by atoms with E-state index in [1.54, 1.807) is 7.11 Å². The third kappa shape index (κ3) is 3.77. The summed E-state index contributed by atoms with van der Waals surface area (Å²) in [6.07, 6.45) is 0.809. The van der Waals surface area contributed by atoms with Crippen molar-refractivity contribution in [1.29, 1.82) is 0 Å². The van der Waals surface area contributed by atoms with Gasteiger partial charge in [0.25, 0.3) is 5.91 Å². The van der Waals surface area contributed by atoms with Crippen molar-refractivity contribution in [2.75, 3.05) is 46.6 Å². The average molecular weight is 381 g/mol. The summed E-state index contributed by atoms with van der Waals surface area (Å²) in [5.41, 5.74) is 1.78. The van der Waals surface area contributed by atoms with Gasteiger partial charge in [0, 0.05) is 38.0 Å². The zero-order chi connectivity index (χ0) is 19.4. The smallest absolute Gasteiger partial charge is 0.257 e. The Morgan fingerprint density at radius 1 is 1.18 bits per heavy atom. The topological polar surface area (TPSA) is 48.0 Å². The van der Waals surface area contributed by atoms with Gasteiger partial charge in [-0.15, -0.1) is 0 Å². The fourth-order valence-corrected chi connectivity index (χ4v) is 4.34. The molecule has 2 heterocycles. The molecule has 0 bridgehead atoms. The predicted molar refractivity (Wildman–Crippen MR) is 107 cm³/mol. The van der Waals surface area contributed by atoms with E-state index in [-0.39, 0.29) is 11.3 Å². The summed E-state index contributed by atoms with van der Waals surface area (Å²) in [5, 5.41) is 0. The second kappa shape index (κ2) is 8.33. The van der Waals surface area contributed by atoms with E-state index >= 15 is 0 Å². The van der Waals surface area contributed by atoms with Crippen molar-refractivity contribution in [2.24, 2.45) is 11.3 Å². The van der Waals surface area contributed by atoms with Gasteiger partial charge in [-0.2, -0.15) is 0 Å². The maximum atomic E-state index is 13.2. The van der Waals surface area contributed by atoms with E-state index in [1.807, 2.05) is 47.4 Å². The standard InChI is InChI=1S/C23H27NO4/c1-26-16-23-15-24(13-19(23)14-27-17-23)22(25)20-9-5-6-10-21(20)28-12-11-18-7-3-2-4-8-18/h2-10,19H,11-17H2,1H3/t19-,23-/m0/s1. The first-order valence-corrected chi connectivity index (χ1v) is 9.83. The third-order valence-corrected chi connectivity index (χ3v) is 5.85. The van der Waals surface area contributed by atoms with Crippen molar-refractivity contribution < 1.29 is 19.0 Å². The van der Waals surface area contributed by atoms with Crippen LogP contribution in [-0.4, -0.2) is 57.4 Å². The van der Waals surface area contributed by atoms with Gasteiger partial charge in [-0.05, 0) is 17.7 Å². The Labute approximate surface area is 166 Å². The molecule has 2 aromatic carbocycles. The van der Waals surface area contributed by atoms with Crippen LogP contribution in [-0.2, 0) is 15.9 Å². The maximum Gasteiger partial charge on any atom is 0.257 e. The number of nitrogens with zero attached hydrogens (tertiary/aromatic N) is 1. The zero-order valence-electron chi connectivity index (χ0n) is 16.3. The molecule has 148 valence electrons. The van der Waals surface area contributed by atoms with Crippen LogP contribution in [0.25, 0.3) is 0 Å². The number of fused-ring (bicyclic) bond motifs is 1. The van der Waals surface area contributed by atoms with E-state index in [0.29, 0.717) is 56.7 Å². The first-order valence-electron chi connectivity index (χ1n) is 9.83. The zero-order valence-corrected chi connectivity index (χ0v) is 16.3. The van der Waals surface area contributed by atoms with Gasteiger partial charge in [0.05, 0.1) is 32.0 Å². The van der Waals surface area contributed by atoms with Crippen molar-refractivity contribution in [3.8, 4) is 5.75 Å². The maximum absolute atomic E-state index is 13.2. The summed E-state index contributed by atoms with van der Waals surface area (Å²) >= 11 is 0. The number of benzene rings is 2. The Bertz CT molecular complexity index is 809. The molecule has 2 aromatic rings. The Morgan fingerprint density at radius 3 is 2.79 bits per heavy atom. The van der Waals surface area contributed by atoms with Gasteiger partial charge in [0.2, 0.25) is 0 Å². The normalized spacial score (nSPS) is 23.6. The molecule has 0 radical (unpaired) electrons. The van der Waals surface area contributed by atoms with Crippen molar-refractivity contribution >= 4 is 5.91 Å². The van der Waals surface area contributed by atoms with Crippen LogP contribution in [0.5, 0.6) is 5.75 Å². The number of rotatable bonds is 7. The monoisotopic (exact) mass is 381 g/mol. The molecule has 0 spiro atoms. The van der Waals surface area contributed by atoms with Crippen molar-refractivity contribution in [3.05, 3.63) is 65.7 Å². The van der Waals surface area contributed by atoms with Gasteiger partial charge in [-0.25, -0.2) is 0 Å². The number of hydrogen-bond acceptors (Lipinski definition) is 4. The van der Waals surface area contributed by atoms with Crippen LogP contribution in [0.1, 0.15) is 15.9 Å². The summed E-state index contributed by atoms with van der Waals surface area (Å²) in [6.45, 7) is 3.89. The van der Waals surface area contributed by atoms with E-state index in [1.165, 1.54) is 5.56 Å². The molecule has 5 nitrogen and oxygen atoms in total. The summed E-state index contributed by atoms with van der Waals surface area (Å²) in [4.78, 5) is 15.2. The molecule has 1 amide bonds. The fourth-order valence-electron chi connectivity index (χ4n) is 4.34. The van der Waals surface area contributed by atoms with Crippen molar-refractivity contribution in [3.63, 3.8) is 0 Å². The minimum Gasteiger partial charge on any atom is -0.492 e. The van der Waals surface area contributed by atoms with Gasteiger partial charge in [0.1, 0.15) is 5.75 Å². The molecule has 0 aliphatic carbocycles. The summed E-state index contributed by atoms with van der Waals surface area (Å²) in [6, 6.07) is 17.8. The summed E-state index contributed by atoms with van der Waals surface area (Å²) in [5.74, 6) is 1.01. The minimum atomic E-state index is -0.0759. The number of carbonyl (C=O) groups excluding carboxylic acids is 1. The molecule has 2 fully saturated rings. The van der Waals surface area contributed by atoms with Crippen LogP contribution in [0.4, 0.5) is 0 Å². The number of ether oxygens (including phenoxy) is 3. The van der Waals surface area contributed by atoms with E-state index in [9.17, 15) is 4.79 Å². The molecule has 0 unspecified atom stereocenters. The Balaban J connectivity index is 1.44. The minimum absolute atomic E-state index is 0.0280.